The highest BCUT2D eigenvalue weighted by Crippen LogP contribution is 2.40. The third kappa shape index (κ3) is 5.51. The standard InChI is InChI=1S/C31H25NO2S/c33-31(32-19-23-9-3-1-4-10-23)26-17-15-25(16-18-26)28-21-35-22-29(28)27-13-7-8-14-30(27)34-20-24-11-5-2-6-12-24/h1-18,21-22H,19-20H2,(H,32,33). The van der Waals surface area contributed by atoms with Gasteiger partial charge in [-0.15, -0.1) is 0 Å². The molecule has 0 aliphatic carbocycles. The van der Waals surface area contributed by atoms with Crippen LogP contribution in [0.3, 0.4) is 0 Å². The van der Waals surface area contributed by atoms with E-state index < -0.39 is 0 Å². The molecule has 0 radical (unpaired) electrons. The maximum absolute atomic E-state index is 12.6. The Bertz CT molecular complexity index is 1390. The van der Waals surface area contributed by atoms with Gasteiger partial charge < -0.3 is 10.1 Å². The van der Waals surface area contributed by atoms with E-state index in [1.165, 1.54) is 0 Å². The summed E-state index contributed by atoms with van der Waals surface area (Å²) in [7, 11) is 0. The van der Waals surface area contributed by atoms with Crippen molar-refractivity contribution in [2.24, 2.45) is 0 Å². The minimum Gasteiger partial charge on any atom is -0.488 e. The van der Waals surface area contributed by atoms with E-state index in [9.17, 15) is 4.79 Å². The first kappa shape index (κ1) is 22.6. The third-order valence-corrected chi connectivity index (χ3v) is 6.57. The Morgan fingerprint density at radius 3 is 2.03 bits per heavy atom. The SMILES string of the molecule is O=C(NCc1ccccc1)c1ccc(-c2cscc2-c2ccccc2OCc2ccccc2)cc1. The van der Waals surface area contributed by atoms with Gasteiger partial charge in [0.05, 0.1) is 0 Å². The third-order valence-electron chi connectivity index (χ3n) is 5.83. The number of hydrogen-bond donors (Lipinski definition) is 1. The lowest BCUT2D eigenvalue weighted by Gasteiger charge is -2.13. The second-order valence-electron chi connectivity index (χ2n) is 8.22. The van der Waals surface area contributed by atoms with Crippen molar-refractivity contribution in [1.82, 2.24) is 5.32 Å². The van der Waals surface area contributed by atoms with Crippen LogP contribution in [0.15, 0.2) is 120 Å². The van der Waals surface area contributed by atoms with Gasteiger partial charge >= 0.3 is 0 Å². The van der Waals surface area contributed by atoms with Crippen molar-refractivity contribution in [3.63, 3.8) is 0 Å². The number of benzene rings is 4. The summed E-state index contributed by atoms with van der Waals surface area (Å²) in [5, 5.41) is 7.29. The highest BCUT2D eigenvalue weighted by atomic mass is 32.1. The lowest BCUT2D eigenvalue weighted by molar-refractivity contribution is 0.0951. The second-order valence-corrected chi connectivity index (χ2v) is 8.96. The maximum Gasteiger partial charge on any atom is 0.251 e. The van der Waals surface area contributed by atoms with Crippen molar-refractivity contribution in [2.45, 2.75) is 13.2 Å². The number of amides is 1. The molecule has 3 nitrogen and oxygen atoms in total. The number of carbonyl (C=O) groups excluding carboxylic acids is 1. The van der Waals surface area contributed by atoms with E-state index in [2.05, 4.69) is 34.3 Å². The summed E-state index contributed by atoms with van der Waals surface area (Å²) in [5.74, 6) is 0.776. The van der Waals surface area contributed by atoms with E-state index in [0.717, 1.165) is 39.1 Å². The summed E-state index contributed by atoms with van der Waals surface area (Å²) in [6.45, 7) is 1.03. The van der Waals surface area contributed by atoms with E-state index >= 15 is 0 Å². The Hall–Kier alpha value is -4.15. The summed E-state index contributed by atoms with van der Waals surface area (Å²) in [6, 6.07) is 36.0. The topological polar surface area (TPSA) is 38.3 Å². The molecule has 1 aromatic heterocycles. The van der Waals surface area contributed by atoms with Gasteiger partial charge in [0.1, 0.15) is 12.4 Å². The molecule has 0 saturated carbocycles. The molecule has 1 N–H and O–H groups in total. The Balaban J connectivity index is 1.33. The van der Waals surface area contributed by atoms with Crippen LogP contribution in [0.25, 0.3) is 22.3 Å². The molecule has 1 amide bonds. The first-order valence-corrected chi connectivity index (χ1v) is 12.5. The van der Waals surface area contributed by atoms with Crippen molar-refractivity contribution in [2.75, 3.05) is 0 Å². The summed E-state index contributed by atoms with van der Waals surface area (Å²) in [5.41, 5.74) is 7.24. The number of thiophene rings is 1. The normalized spacial score (nSPS) is 10.6. The largest absolute Gasteiger partial charge is 0.488 e. The van der Waals surface area contributed by atoms with Gasteiger partial charge in [0.15, 0.2) is 0 Å². The molecule has 0 aliphatic heterocycles. The monoisotopic (exact) mass is 475 g/mol. The van der Waals surface area contributed by atoms with Crippen molar-refractivity contribution >= 4 is 17.2 Å². The smallest absolute Gasteiger partial charge is 0.251 e. The number of hydrogen-bond acceptors (Lipinski definition) is 3. The first-order chi connectivity index (χ1) is 17.3. The van der Waals surface area contributed by atoms with E-state index in [1.807, 2.05) is 91.0 Å². The molecule has 4 aromatic carbocycles. The van der Waals surface area contributed by atoms with Gasteiger partial charge in [-0.2, -0.15) is 11.3 Å². The second kappa shape index (κ2) is 10.9. The van der Waals surface area contributed by atoms with Gasteiger partial charge in [-0.3, -0.25) is 4.79 Å². The van der Waals surface area contributed by atoms with Gasteiger partial charge in [0.25, 0.3) is 5.91 Å². The molecule has 0 bridgehead atoms. The molecule has 0 unspecified atom stereocenters. The van der Waals surface area contributed by atoms with Crippen LogP contribution in [0.1, 0.15) is 21.5 Å². The fraction of sp³-hybridized carbons (Fsp3) is 0.0645. The van der Waals surface area contributed by atoms with Gasteiger partial charge in [-0.05, 0) is 45.6 Å². The van der Waals surface area contributed by atoms with E-state index in [4.69, 9.17) is 4.74 Å². The maximum atomic E-state index is 12.6. The molecule has 0 atom stereocenters. The minimum absolute atomic E-state index is 0.0781. The fourth-order valence-electron chi connectivity index (χ4n) is 3.96. The van der Waals surface area contributed by atoms with E-state index in [1.54, 1.807) is 11.3 Å². The molecule has 0 spiro atoms. The molecule has 4 heteroatoms. The molecule has 1 heterocycles. The number of nitrogens with one attached hydrogen (secondary N) is 1. The highest BCUT2D eigenvalue weighted by Gasteiger charge is 2.14. The number of ether oxygens (including phenoxy) is 1. The summed E-state index contributed by atoms with van der Waals surface area (Å²) in [6.07, 6.45) is 0. The number of carbonyl (C=O) groups is 1. The average molecular weight is 476 g/mol. The first-order valence-electron chi connectivity index (χ1n) is 11.5. The Kier molecular flexibility index (Phi) is 7.02. The molecule has 0 fully saturated rings. The van der Waals surface area contributed by atoms with Crippen LogP contribution in [-0.4, -0.2) is 5.91 Å². The van der Waals surface area contributed by atoms with Crippen LogP contribution in [-0.2, 0) is 13.2 Å². The van der Waals surface area contributed by atoms with Crippen LogP contribution in [0.4, 0.5) is 0 Å². The van der Waals surface area contributed by atoms with Crippen LogP contribution in [0.2, 0.25) is 0 Å². The molecule has 0 saturated heterocycles. The van der Waals surface area contributed by atoms with Crippen molar-refractivity contribution < 1.29 is 9.53 Å². The van der Waals surface area contributed by atoms with Crippen LogP contribution in [0, 0.1) is 0 Å². The zero-order chi connectivity index (χ0) is 23.9. The van der Waals surface area contributed by atoms with Gasteiger partial charge in [0, 0.05) is 28.8 Å². The predicted molar refractivity (Wildman–Crippen MR) is 144 cm³/mol. The molecule has 5 aromatic rings. The van der Waals surface area contributed by atoms with E-state index in [0.29, 0.717) is 18.7 Å². The van der Waals surface area contributed by atoms with Crippen molar-refractivity contribution in [3.05, 3.63) is 137 Å². The summed E-state index contributed by atoms with van der Waals surface area (Å²) < 4.78 is 6.20. The Labute approximate surface area is 209 Å². The zero-order valence-corrected chi connectivity index (χ0v) is 20.0. The molecule has 35 heavy (non-hydrogen) atoms. The van der Waals surface area contributed by atoms with Gasteiger partial charge in [0.2, 0.25) is 0 Å². The van der Waals surface area contributed by atoms with Crippen LogP contribution >= 0.6 is 11.3 Å². The average Bonchev–Trinajstić information content (AvgIpc) is 3.42. The minimum atomic E-state index is -0.0781. The molecular formula is C31H25NO2S. The van der Waals surface area contributed by atoms with Crippen LogP contribution < -0.4 is 10.1 Å². The molecule has 172 valence electrons. The zero-order valence-electron chi connectivity index (χ0n) is 19.2. The van der Waals surface area contributed by atoms with E-state index in [-0.39, 0.29) is 5.91 Å². The predicted octanol–water partition coefficient (Wildman–Crippen LogP) is 7.59. The molecular weight excluding hydrogens is 450 g/mol. The van der Waals surface area contributed by atoms with Crippen molar-refractivity contribution in [1.29, 1.82) is 0 Å². The lowest BCUT2D eigenvalue weighted by Crippen LogP contribution is -2.22. The van der Waals surface area contributed by atoms with Gasteiger partial charge in [-0.25, -0.2) is 0 Å². The highest BCUT2D eigenvalue weighted by molar-refractivity contribution is 7.08. The molecule has 5 rings (SSSR count). The van der Waals surface area contributed by atoms with Gasteiger partial charge in [-0.1, -0.05) is 91.0 Å². The Morgan fingerprint density at radius 1 is 0.657 bits per heavy atom. The summed E-state index contributed by atoms with van der Waals surface area (Å²) in [4.78, 5) is 12.6. The lowest BCUT2D eigenvalue weighted by atomic mass is 9.97. The van der Waals surface area contributed by atoms with Crippen molar-refractivity contribution in [3.8, 4) is 28.0 Å². The van der Waals surface area contributed by atoms with Crippen LogP contribution in [0.5, 0.6) is 5.75 Å². The Morgan fingerprint density at radius 2 is 1.29 bits per heavy atom. The fourth-order valence-corrected chi connectivity index (χ4v) is 4.82. The quantitative estimate of drug-likeness (QED) is 0.251. The number of para-hydroxylation sites is 1. The summed E-state index contributed by atoms with van der Waals surface area (Å²) >= 11 is 1.66. The number of rotatable bonds is 8. The molecule has 0 aliphatic rings.